The van der Waals surface area contributed by atoms with E-state index in [1.165, 1.54) is 5.69 Å². The van der Waals surface area contributed by atoms with Crippen molar-refractivity contribution in [3.05, 3.63) is 78.6 Å². The van der Waals surface area contributed by atoms with E-state index in [1.807, 2.05) is 56.8 Å². The molecule has 0 unspecified atom stereocenters. The number of aromatic nitrogens is 1. The summed E-state index contributed by atoms with van der Waals surface area (Å²) in [5.74, 6) is 0. The first-order chi connectivity index (χ1) is 10.7. The lowest BCUT2D eigenvalue weighted by atomic mass is 10.2. The molecule has 0 N–H and O–H groups in total. The molecule has 3 aromatic rings. The third kappa shape index (κ3) is 3.26. The topological polar surface area (TPSA) is 20.5 Å². The van der Waals surface area contributed by atoms with Gasteiger partial charge in [-0.1, -0.05) is 18.2 Å². The molecule has 0 aliphatic heterocycles. The van der Waals surface area contributed by atoms with E-state index < -0.39 is 0 Å². The van der Waals surface area contributed by atoms with Crippen LogP contribution >= 0.6 is 0 Å². The van der Waals surface area contributed by atoms with Crippen LogP contribution in [0.1, 0.15) is 5.56 Å². The van der Waals surface area contributed by atoms with Crippen molar-refractivity contribution in [1.82, 2.24) is 4.57 Å². The van der Waals surface area contributed by atoms with E-state index in [0.29, 0.717) is 0 Å². The van der Waals surface area contributed by atoms with E-state index in [-0.39, 0.29) is 0 Å². The van der Waals surface area contributed by atoms with Crippen molar-refractivity contribution in [2.45, 2.75) is 0 Å². The maximum atomic E-state index is 4.53. The van der Waals surface area contributed by atoms with Gasteiger partial charge in [-0.2, -0.15) is 0 Å². The van der Waals surface area contributed by atoms with Crippen LogP contribution in [0.4, 0.5) is 11.4 Å². The molecular formula is C19H19N3. The fourth-order valence-corrected chi connectivity index (χ4v) is 2.24. The highest BCUT2D eigenvalue weighted by Crippen LogP contribution is 2.18. The summed E-state index contributed by atoms with van der Waals surface area (Å²) < 4.78 is 2.09. The Kier molecular flexibility index (Phi) is 4.05. The Balaban J connectivity index is 1.74. The molecule has 0 saturated carbocycles. The second-order valence-electron chi connectivity index (χ2n) is 5.36. The molecule has 1 aromatic heterocycles. The zero-order chi connectivity index (χ0) is 15.4. The number of para-hydroxylation sites is 1. The highest BCUT2D eigenvalue weighted by molar-refractivity contribution is 5.82. The molecule has 3 heteroatoms. The largest absolute Gasteiger partial charge is 0.378 e. The smallest absolute Gasteiger partial charge is 0.0631 e. The molecular weight excluding hydrogens is 270 g/mol. The predicted molar refractivity (Wildman–Crippen MR) is 93.8 cm³/mol. The summed E-state index contributed by atoms with van der Waals surface area (Å²) >= 11 is 0. The minimum absolute atomic E-state index is 0.957. The standard InChI is InChI=1S/C19H19N3/c1-21(2)18-10-8-17(9-11-18)20-14-16-12-13-22(15-16)19-6-4-3-5-7-19/h3-15H,1-2H3. The average molecular weight is 289 g/mol. The number of benzene rings is 2. The zero-order valence-electron chi connectivity index (χ0n) is 12.8. The Morgan fingerprint density at radius 1 is 0.909 bits per heavy atom. The van der Waals surface area contributed by atoms with Crippen LogP contribution in [0, 0.1) is 0 Å². The lowest BCUT2D eigenvalue weighted by molar-refractivity contribution is 1.08. The summed E-state index contributed by atoms with van der Waals surface area (Å²) in [5, 5.41) is 0. The number of rotatable bonds is 4. The van der Waals surface area contributed by atoms with Gasteiger partial charge in [-0.3, -0.25) is 4.99 Å². The van der Waals surface area contributed by atoms with Crippen molar-refractivity contribution in [1.29, 1.82) is 0 Å². The molecule has 1 heterocycles. The van der Waals surface area contributed by atoms with Crippen LogP contribution in [0.15, 0.2) is 78.0 Å². The van der Waals surface area contributed by atoms with Crippen LogP contribution in [0.2, 0.25) is 0 Å². The molecule has 0 atom stereocenters. The molecule has 22 heavy (non-hydrogen) atoms. The second-order valence-corrected chi connectivity index (χ2v) is 5.36. The number of aliphatic imine (C=N–C) groups is 1. The zero-order valence-corrected chi connectivity index (χ0v) is 12.8. The Labute approximate surface area is 131 Å². The summed E-state index contributed by atoms with van der Waals surface area (Å²) in [7, 11) is 4.06. The Morgan fingerprint density at radius 2 is 1.64 bits per heavy atom. The van der Waals surface area contributed by atoms with Crippen LogP contribution in [0.5, 0.6) is 0 Å². The van der Waals surface area contributed by atoms with Crippen LogP contribution in [0.25, 0.3) is 5.69 Å². The van der Waals surface area contributed by atoms with Gasteiger partial charge in [0.15, 0.2) is 0 Å². The summed E-state index contributed by atoms with van der Waals surface area (Å²) in [6.45, 7) is 0. The molecule has 110 valence electrons. The van der Waals surface area contributed by atoms with Gasteiger partial charge in [0.1, 0.15) is 0 Å². The van der Waals surface area contributed by atoms with Crippen molar-refractivity contribution >= 4 is 17.6 Å². The summed E-state index contributed by atoms with van der Waals surface area (Å²) in [5.41, 5.74) is 4.37. The van der Waals surface area contributed by atoms with Crippen LogP contribution in [0.3, 0.4) is 0 Å². The predicted octanol–water partition coefficient (Wildman–Crippen LogP) is 4.29. The molecule has 0 aliphatic rings. The Hall–Kier alpha value is -2.81. The van der Waals surface area contributed by atoms with Crippen LogP contribution in [-0.4, -0.2) is 24.9 Å². The van der Waals surface area contributed by atoms with Gasteiger partial charge in [-0.05, 0) is 42.5 Å². The lowest BCUT2D eigenvalue weighted by Crippen LogP contribution is -2.07. The van der Waals surface area contributed by atoms with Crippen molar-refractivity contribution in [3.8, 4) is 5.69 Å². The molecule has 3 nitrogen and oxygen atoms in total. The van der Waals surface area contributed by atoms with E-state index in [9.17, 15) is 0 Å². The SMILES string of the molecule is CN(C)c1ccc(N=Cc2ccn(-c3ccccc3)c2)cc1. The molecule has 2 aromatic carbocycles. The van der Waals surface area contributed by atoms with E-state index in [4.69, 9.17) is 0 Å². The maximum absolute atomic E-state index is 4.53. The number of hydrogen-bond acceptors (Lipinski definition) is 2. The van der Waals surface area contributed by atoms with E-state index >= 15 is 0 Å². The first-order valence-corrected chi connectivity index (χ1v) is 7.27. The van der Waals surface area contributed by atoms with Gasteiger partial charge in [0.05, 0.1) is 5.69 Å². The molecule has 0 fully saturated rings. The first kappa shape index (κ1) is 14.1. The number of hydrogen-bond donors (Lipinski definition) is 0. The lowest BCUT2D eigenvalue weighted by Gasteiger charge is -2.11. The fraction of sp³-hybridized carbons (Fsp3) is 0.105. The molecule has 0 spiro atoms. The normalized spacial score (nSPS) is 11.0. The van der Waals surface area contributed by atoms with Crippen molar-refractivity contribution < 1.29 is 0 Å². The Morgan fingerprint density at radius 3 is 2.32 bits per heavy atom. The third-order valence-corrected chi connectivity index (χ3v) is 3.50. The van der Waals surface area contributed by atoms with Gasteiger partial charge in [0.2, 0.25) is 0 Å². The molecule has 3 rings (SSSR count). The summed E-state index contributed by atoms with van der Waals surface area (Å²) in [6.07, 6.45) is 6.02. The van der Waals surface area contributed by atoms with Gasteiger partial charge in [-0.15, -0.1) is 0 Å². The minimum atomic E-state index is 0.957. The average Bonchev–Trinajstić information content (AvgIpc) is 3.03. The van der Waals surface area contributed by atoms with Crippen molar-refractivity contribution in [2.24, 2.45) is 4.99 Å². The van der Waals surface area contributed by atoms with Gasteiger partial charge in [0.25, 0.3) is 0 Å². The molecule has 0 saturated heterocycles. The van der Waals surface area contributed by atoms with Crippen LogP contribution < -0.4 is 4.90 Å². The molecule has 0 aliphatic carbocycles. The fourth-order valence-electron chi connectivity index (χ4n) is 2.24. The summed E-state index contributed by atoms with van der Waals surface area (Å²) in [4.78, 5) is 6.60. The van der Waals surface area contributed by atoms with Gasteiger partial charge in [-0.25, -0.2) is 0 Å². The van der Waals surface area contributed by atoms with Gasteiger partial charge < -0.3 is 9.47 Å². The van der Waals surface area contributed by atoms with Crippen LogP contribution in [-0.2, 0) is 0 Å². The maximum Gasteiger partial charge on any atom is 0.0631 e. The minimum Gasteiger partial charge on any atom is -0.378 e. The van der Waals surface area contributed by atoms with Crippen molar-refractivity contribution in [2.75, 3.05) is 19.0 Å². The third-order valence-electron chi connectivity index (χ3n) is 3.50. The second kappa shape index (κ2) is 6.31. The van der Waals surface area contributed by atoms with E-state index in [0.717, 1.165) is 16.9 Å². The highest BCUT2D eigenvalue weighted by atomic mass is 15.1. The molecule has 0 bridgehead atoms. The van der Waals surface area contributed by atoms with E-state index in [1.54, 1.807) is 0 Å². The van der Waals surface area contributed by atoms with Gasteiger partial charge in [0, 0.05) is 49.6 Å². The quantitative estimate of drug-likeness (QED) is 0.656. The monoisotopic (exact) mass is 289 g/mol. The Bertz CT molecular complexity index is 753. The highest BCUT2D eigenvalue weighted by Gasteiger charge is 1.97. The van der Waals surface area contributed by atoms with Crippen molar-refractivity contribution in [3.63, 3.8) is 0 Å². The number of nitrogens with zero attached hydrogens (tertiary/aromatic N) is 3. The molecule has 0 radical (unpaired) electrons. The first-order valence-electron chi connectivity index (χ1n) is 7.27. The summed E-state index contributed by atoms with van der Waals surface area (Å²) in [6, 6.07) is 20.5. The van der Waals surface area contributed by atoms with E-state index in [2.05, 4.69) is 51.0 Å². The number of anilines is 1. The van der Waals surface area contributed by atoms with Gasteiger partial charge >= 0.3 is 0 Å². The molecule has 0 amide bonds.